The molecular formula is C12H21N3O. The van der Waals surface area contributed by atoms with Gasteiger partial charge in [0.05, 0.1) is 12.7 Å². The highest BCUT2D eigenvalue weighted by atomic mass is 16.5. The molecule has 90 valence electrons. The van der Waals surface area contributed by atoms with Crippen molar-refractivity contribution in [3.63, 3.8) is 0 Å². The van der Waals surface area contributed by atoms with Crippen LogP contribution in [-0.2, 0) is 11.2 Å². The van der Waals surface area contributed by atoms with Gasteiger partial charge in [0.15, 0.2) is 0 Å². The number of pyridine rings is 1. The maximum absolute atomic E-state index is 5.53. The average Bonchev–Trinajstić information content (AvgIpc) is 2.30. The lowest BCUT2D eigenvalue weighted by Gasteiger charge is -2.17. The smallest absolute Gasteiger partial charge is 0.0636 e. The van der Waals surface area contributed by atoms with Crippen LogP contribution in [0.25, 0.3) is 0 Å². The van der Waals surface area contributed by atoms with Crippen LogP contribution in [0.2, 0.25) is 0 Å². The molecule has 1 aromatic rings. The number of nitrogens with two attached hydrogens (primary N) is 1. The van der Waals surface area contributed by atoms with Crippen LogP contribution in [0, 0.1) is 0 Å². The van der Waals surface area contributed by atoms with Crippen molar-refractivity contribution in [3.8, 4) is 0 Å². The van der Waals surface area contributed by atoms with Crippen LogP contribution >= 0.6 is 0 Å². The fourth-order valence-electron chi connectivity index (χ4n) is 1.41. The molecule has 3 N–H and O–H groups in total. The van der Waals surface area contributed by atoms with Crippen LogP contribution in [-0.4, -0.2) is 23.7 Å². The molecule has 4 nitrogen and oxygen atoms in total. The first kappa shape index (κ1) is 13.1. The molecular weight excluding hydrogens is 202 g/mol. The number of rotatable bonds is 7. The van der Waals surface area contributed by atoms with Gasteiger partial charge in [-0.3, -0.25) is 16.3 Å². The number of nitrogens with one attached hydrogen (secondary N) is 1. The van der Waals surface area contributed by atoms with Gasteiger partial charge in [0.2, 0.25) is 0 Å². The van der Waals surface area contributed by atoms with Crippen molar-refractivity contribution >= 4 is 0 Å². The number of hydrazine groups is 1. The minimum Gasteiger partial charge on any atom is -0.377 e. The van der Waals surface area contributed by atoms with Gasteiger partial charge in [-0.2, -0.15) is 0 Å². The summed E-state index contributed by atoms with van der Waals surface area (Å²) in [5.74, 6) is 5.48. The molecule has 4 heteroatoms. The molecule has 0 aliphatic carbocycles. The third-order valence-electron chi connectivity index (χ3n) is 2.37. The molecule has 0 bridgehead atoms. The van der Waals surface area contributed by atoms with Crippen molar-refractivity contribution < 1.29 is 4.74 Å². The van der Waals surface area contributed by atoms with Gasteiger partial charge >= 0.3 is 0 Å². The third kappa shape index (κ3) is 5.21. The maximum Gasteiger partial charge on any atom is 0.0636 e. The van der Waals surface area contributed by atoms with Crippen LogP contribution in [0.5, 0.6) is 0 Å². The van der Waals surface area contributed by atoms with Crippen LogP contribution in [0.1, 0.15) is 25.8 Å². The summed E-state index contributed by atoms with van der Waals surface area (Å²) in [5, 5.41) is 0. The van der Waals surface area contributed by atoms with Gasteiger partial charge in [-0.05, 0) is 38.3 Å². The van der Waals surface area contributed by atoms with Gasteiger partial charge in [-0.25, -0.2) is 0 Å². The van der Waals surface area contributed by atoms with Gasteiger partial charge in [-0.1, -0.05) is 6.07 Å². The molecule has 0 aliphatic rings. The Morgan fingerprint density at radius 3 is 2.88 bits per heavy atom. The van der Waals surface area contributed by atoms with E-state index in [1.165, 1.54) is 5.56 Å². The normalized spacial score (nSPS) is 13.0. The molecule has 1 rings (SSSR count). The lowest BCUT2D eigenvalue weighted by atomic mass is 10.1. The van der Waals surface area contributed by atoms with E-state index in [1.807, 2.05) is 26.1 Å². The Morgan fingerprint density at radius 2 is 2.31 bits per heavy atom. The van der Waals surface area contributed by atoms with E-state index in [2.05, 4.69) is 16.5 Å². The monoisotopic (exact) mass is 223 g/mol. The molecule has 0 aromatic carbocycles. The van der Waals surface area contributed by atoms with E-state index in [0.29, 0.717) is 6.61 Å². The first-order chi connectivity index (χ1) is 7.72. The zero-order chi connectivity index (χ0) is 11.8. The van der Waals surface area contributed by atoms with E-state index in [0.717, 1.165) is 12.8 Å². The summed E-state index contributed by atoms with van der Waals surface area (Å²) >= 11 is 0. The van der Waals surface area contributed by atoms with Crippen LogP contribution < -0.4 is 11.3 Å². The molecule has 0 aliphatic heterocycles. The molecule has 0 fully saturated rings. The highest BCUT2D eigenvalue weighted by Crippen LogP contribution is 2.04. The number of ether oxygens (including phenoxy) is 1. The standard InChI is InChI=1S/C12H21N3O/c1-10(2)16-9-12(15-13)6-5-11-4-3-7-14-8-11/h3-4,7-8,10,12,15H,5-6,9,13H2,1-2H3. The van der Waals surface area contributed by atoms with Crippen molar-refractivity contribution in [2.45, 2.75) is 38.8 Å². The summed E-state index contributed by atoms with van der Waals surface area (Å²) in [4.78, 5) is 4.08. The molecule has 0 spiro atoms. The second-order valence-electron chi connectivity index (χ2n) is 4.15. The molecule has 16 heavy (non-hydrogen) atoms. The molecule has 1 aromatic heterocycles. The molecule has 0 radical (unpaired) electrons. The van der Waals surface area contributed by atoms with E-state index < -0.39 is 0 Å². The Bertz CT molecular complexity index is 277. The van der Waals surface area contributed by atoms with Gasteiger partial charge in [0, 0.05) is 18.4 Å². The van der Waals surface area contributed by atoms with Crippen molar-refractivity contribution in [2.24, 2.45) is 5.84 Å². The minimum atomic E-state index is 0.197. The van der Waals surface area contributed by atoms with Gasteiger partial charge in [-0.15, -0.1) is 0 Å². The van der Waals surface area contributed by atoms with Crippen LogP contribution in [0.4, 0.5) is 0 Å². The summed E-state index contributed by atoms with van der Waals surface area (Å²) in [7, 11) is 0. The largest absolute Gasteiger partial charge is 0.377 e. The SMILES string of the molecule is CC(C)OCC(CCc1cccnc1)NN. The number of aryl methyl sites for hydroxylation is 1. The van der Waals surface area contributed by atoms with Crippen molar-refractivity contribution in [1.82, 2.24) is 10.4 Å². The third-order valence-corrected chi connectivity index (χ3v) is 2.37. The van der Waals surface area contributed by atoms with Gasteiger partial charge < -0.3 is 4.74 Å². The predicted octanol–water partition coefficient (Wildman–Crippen LogP) is 1.27. The van der Waals surface area contributed by atoms with E-state index in [9.17, 15) is 0 Å². The van der Waals surface area contributed by atoms with Gasteiger partial charge in [0.1, 0.15) is 0 Å². The number of nitrogens with zero attached hydrogens (tertiary/aromatic N) is 1. The molecule has 1 unspecified atom stereocenters. The van der Waals surface area contributed by atoms with Crippen molar-refractivity contribution in [1.29, 1.82) is 0 Å². The second kappa shape index (κ2) is 7.33. The fraction of sp³-hybridized carbons (Fsp3) is 0.583. The van der Waals surface area contributed by atoms with Crippen molar-refractivity contribution in [3.05, 3.63) is 30.1 Å². The molecule has 0 amide bonds. The van der Waals surface area contributed by atoms with E-state index >= 15 is 0 Å². The minimum absolute atomic E-state index is 0.197. The Labute approximate surface area is 97.2 Å². The quantitative estimate of drug-likeness (QED) is 0.540. The number of aromatic nitrogens is 1. The Balaban J connectivity index is 2.28. The zero-order valence-corrected chi connectivity index (χ0v) is 10.0. The summed E-state index contributed by atoms with van der Waals surface area (Å²) in [6.07, 6.45) is 5.83. The Kier molecular flexibility index (Phi) is 6.00. The molecule has 0 saturated heterocycles. The molecule has 0 saturated carbocycles. The predicted molar refractivity (Wildman–Crippen MR) is 64.8 cm³/mol. The highest BCUT2D eigenvalue weighted by molar-refractivity contribution is 5.08. The van der Waals surface area contributed by atoms with Crippen LogP contribution in [0.3, 0.4) is 0 Å². The van der Waals surface area contributed by atoms with E-state index in [-0.39, 0.29) is 12.1 Å². The highest BCUT2D eigenvalue weighted by Gasteiger charge is 2.08. The summed E-state index contributed by atoms with van der Waals surface area (Å²) in [6, 6.07) is 4.22. The molecule has 1 heterocycles. The number of hydrogen-bond acceptors (Lipinski definition) is 4. The summed E-state index contributed by atoms with van der Waals surface area (Å²) in [6.45, 7) is 4.69. The van der Waals surface area contributed by atoms with E-state index in [1.54, 1.807) is 6.20 Å². The van der Waals surface area contributed by atoms with Crippen LogP contribution in [0.15, 0.2) is 24.5 Å². The summed E-state index contributed by atoms with van der Waals surface area (Å²) < 4.78 is 5.53. The summed E-state index contributed by atoms with van der Waals surface area (Å²) in [5.41, 5.74) is 4.01. The second-order valence-corrected chi connectivity index (χ2v) is 4.15. The maximum atomic E-state index is 5.53. The van der Waals surface area contributed by atoms with Crippen molar-refractivity contribution in [2.75, 3.05) is 6.61 Å². The average molecular weight is 223 g/mol. The lowest BCUT2D eigenvalue weighted by molar-refractivity contribution is 0.0596. The zero-order valence-electron chi connectivity index (χ0n) is 10.0. The van der Waals surface area contributed by atoms with E-state index in [4.69, 9.17) is 10.6 Å². The van der Waals surface area contributed by atoms with Gasteiger partial charge in [0.25, 0.3) is 0 Å². The lowest BCUT2D eigenvalue weighted by Crippen LogP contribution is -2.39. The number of hydrogen-bond donors (Lipinski definition) is 2. The first-order valence-corrected chi connectivity index (χ1v) is 5.69. The molecule has 1 atom stereocenters. The topological polar surface area (TPSA) is 60.2 Å². The Morgan fingerprint density at radius 1 is 1.50 bits per heavy atom. The Hall–Kier alpha value is -0.970. The fourth-order valence-corrected chi connectivity index (χ4v) is 1.41. The first-order valence-electron chi connectivity index (χ1n) is 5.69.